The molecule has 1 aliphatic rings. The molecule has 0 radical (unpaired) electrons. The van der Waals surface area contributed by atoms with Crippen LogP contribution in [-0.2, 0) is 11.2 Å². The SMILES string of the molecule is NNC(CCCC1CCCO1)Cc1ccc(Cl)cc1. The predicted octanol–water partition coefficient (Wildman–Crippen LogP) is 3.06. The Hall–Kier alpha value is -0.610. The molecular formula is C15H23ClN2O. The van der Waals surface area contributed by atoms with Crippen LogP contribution in [0.25, 0.3) is 0 Å². The van der Waals surface area contributed by atoms with Crippen LogP contribution >= 0.6 is 11.6 Å². The minimum atomic E-state index is 0.322. The first-order chi connectivity index (χ1) is 9.28. The van der Waals surface area contributed by atoms with Crippen LogP contribution in [0.4, 0.5) is 0 Å². The molecule has 3 nitrogen and oxygen atoms in total. The molecule has 19 heavy (non-hydrogen) atoms. The second-order valence-corrected chi connectivity index (χ2v) is 5.70. The van der Waals surface area contributed by atoms with Crippen LogP contribution in [0.15, 0.2) is 24.3 Å². The maximum absolute atomic E-state index is 5.88. The first kappa shape index (κ1) is 14.8. The zero-order valence-corrected chi connectivity index (χ0v) is 12.0. The molecule has 0 spiro atoms. The summed E-state index contributed by atoms with van der Waals surface area (Å²) in [5, 5.41) is 0.777. The van der Waals surface area contributed by atoms with Gasteiger partial charge in [-0.2, -0.15) is 0 Å². The van der Waals surface area contributed by atoms with Crippen molar-refractivity contribution in [1.82, 2.24) is 5.43 Å². The van der Waals surface area contributed by atoms with Crippen LogP contribution in [0.1, 0.15) is 37.7 Å². The van der Waals surface area contributed by atoms with E-state index >= 15 is 0 Å². The zero-order chi connectivity index (χ0) is 13.5. The fourth-order valence-corrected chi connectivity index (χ4v) is 2.74. The van der Waals surface area contributed by atoms with E-state index in [9.17, 15) is 0 Å². The molecule has 1 aliphatic heterocycles. The van der Waals surface area contributed by atoms with Gasteiger partial charge in [0.25, 0.3) is 0 Å². The van der Waals surface area contributed by atoms with Crippen molar-refractivity contribution >= 4 is 11.6 Å². The maximum atomic E-state index is 5.88. The van der Waals surface area contributed by atoms with E-state index < -0.39 is 0 Å². The third-order valence-corrected chi connectivity index (χ3v) is 3.99. The van der Waals surface area contributed by atoms with Crippen LogP contribution in [0.2, 0.25) is 5.02 Å². The highest BCUT2D eigenvalue weighted by atomic mass is 35.5. The van der Waals surface area contributed by atoms with Crippen LogP contribution in [0, 0.1) is 0 Å². The fourth-order valence-electron chi connectivity index (χ4n) is 2.61. The lowest BCUT2D eigenvalue weighted by molar-refractivity contribution is 0.101. The van der Waals surface area contributed by atoms with Gasteiger partial charge in [0, 0.05) is 17.7 Å². The van der Waals surface area contributed by atoms with Gasteiger partial charge < -0.3 is 4.74 Å². The standard InChI is InChI=1S/C15H23ClN2O/c16-13-8-6-12(7-9-13)11-14(18-17)3-1-4-15-5-2-10-19-15/h6-9,14-15,18H,1-5,10-11,17H2. The van der Waals surface area contributed by atoms with Crippen LogP contribution in [0.3, 0.4) is 0 Å². The molecule has 0 bridgehead atoms. The Morgan fingerprint density at radius 1 is 1.37 bits per heavy atom. The van der Waals surface area contributed by atoms with Gasteiger partial charge in [0.1, 0.15) is 0 Å². The Kier molecular flexibility index (Phi) is 6.11. The van der Waals surface area contributed by atoms with Gasteiger partial charge in [-0.05, 0) is 56.2 Å². The summed E-state index contributed by atoms with van der Waals surface area (Å²) in [5.74, 6) is 5.64. The molecule has 106 valence electrons. The lowest BCUT2D eigenvalue weighted by Gasteiger charge is -2.17. The van der Waals surface area contributed by atoms with E-state index in [0.717, 1.165) is 37.3 Å². The van der Waals surface area contributed by atoms with Crippen molar-refractivity contribution in [1.29, 1.82) is 0 Å². The van der Waals surface area contributed by atoms with E-state index in [4.69, 9.17) is 22.2 Å². The van der Waals surface area contributed by atoms with Crippen LogP contribution in [-0.4, -0.2) is 18.8 Å². The highest BCUT2D eigenvalue weighted by molar-refractivity contribution is 6.30. The molecule has 4 heteroatoms. The van der Waals surface area contributed by atoms with E-state index in [2.05, 4.69) is 17.6 Å². The van der Waals surface area contributed by atoms with Crippen LogP contribution < -0.4 is 11.3 Å². The van der Waals surface area contributed by atoms with Gasteiger partial charge in [0.15, 0.2) is 0 Å². The Morgan fingerprint density at radius 2 is 2.16 bits per heavy atom. The summed E-state index contributed by atoms with van der Waals surface area (Å²) >= 11 is 5.88. The molecule has 3 N–H and O–H groups in total. The molecule has 1 fully saturated rings. The Morgan fingerprint density at radius 3 is 2.79 bits per heavy atom. The first-order valence-electron chi connectivity index (χ1n) is 7.10. The number of nitrogens with one attached hydrogen (secondary N) is 1. The molecule has 2 unspecified atom stereocenters. The minimum Gasteiger partial charge on any atom is -0.378 e. The smallest absolute Gasteiger partial charge is 0.0576 e. The van der Waals surface area contributed by atoms with Crippen molar-refractivity contribution in [2.45, 2.75) is 50.7 Å². The van der Waals surface area contributed by atoms with Crippen molar-refractivity contribution in [3.05, 3.63) is 34.9 Å². The van der Waals surface area contributed by atoms with E-state index in [1.54, 1.807) is 0 Å². The lowest BCUT2D eigenvalue weighted by atomic mass is 10.00. The minimum absolute atomic E-state index is 0.322. The number of halogens is 1. The van der Waals surface area contributed by atoms with Crippen molar-refractivity contribution in [3.63, 3.8) is 0 Å². The molecule has 2 rings (SSSR count). The van der Waals surface area contributed by atoms with Gasteiger partial charge in [-0.1, -0.05) is 23.7 Å². The summed E-state index contributed by atoms with van der Waals surface area (Å²) in [6.45, 7) is 0.939. The highest BCUT2D eigenvalue weighted by Crippen LogP contribution is 2.19. The van der Waals surface area contributed by atoms with Crippen molar-refractivity contribution in [2.75, 3.05) is 6.61 Å². The monoisotopic (exact) mass is 282 g/mol. The molecule has 0 amide bonds. The Balaban J connectivity index is 1.71. The average Bonchev–Trinajstić information content (AvgIpc) is 2.93. The van der Waals surface area contributed by atoms with Gasteiger partial charge in [-0.3, -0.25) is 11.3 Å². The molecule has 1 heterocycles. The number of ether oxygens (including phenoxy) is 1. The topological polar surface area (TPSA) is 47.3 Å². The molecule has 1 saturated heterocycles. The number of hydrogen-bond acceptors (Lipinski definition) is 3. The summed E-state index contributed by atoms with van der Waals surface area (Å²) in [5.41, 5.74) is 4.18. The first-order valence-corrected chi connectivity index (χ1v) is 7.48. The number of rotatable bonds is 7. The molecule has 1 aromatic carbocycles. The van der Waals surface area contributed by atoms with Crippen molar-refractivity contribution < 1.29 is 4.74 Å². The number of nitrogens with two attached hydrogens (primary N) is 1. The summed E-state index contributed by atoms with van der Waals surface area (Å²) in [7, 11) is 0. The summed E-state index contributed by atoms with van der Waals surface area (Å²) in [6, 6.07) is 8.30. The molecule has 0 saturated carbocycles. The largest absolute Gasteiger partial charge is 0.378 e. The number of benzene rings is 1. The maximum Gasteiger partial charge on any atom is 0.0576 e. The van der Waals surface area contributed by atoms with Gasteiger partial charge in [-0.15, -0.1) is 0 Å². The molecular weight excluding hydrogens is 260 g/mol. The van der Waals surface area contributed by atoms with Crippen molar-refractivity contribution in [2.24, 2.45) is 5.84 Å². The number of hydrogen-bond donors (Lipinski definition) is 2. The van der Waals surface area contributed by atoms with E-state index in [1.807, 2.05) is 12.1 Å². The van der Waals surface area contributed by atoms with E-state index in [1.165, 1.54) is 18.4 Å². The summed E-state index contributed by atoms with van der Waals surface area (Å²) in [4.78, 5) is 0. The van der Waals surface area contributed by atoms with E-state index in [0.29, 0.717) is 12.1 Å². The van der Waals surface area contributed by atoms with Crippen LogP contribution in [0.5, 0.6) is 0 Å². The normalized spacial score (nSPS) is 20.6. The van der Waals surface area contributed by atoms with Gasteiger partial charge in [-0.25, -0.2) is 0 Å². The second-order valence-electron chi connectivity index (χ2n) is 5.26. The fraction of sp³-hybridized carbons (Fsp3) is 0.600. The third kappa shape index (κ3) is 5.11. The third-order valence-electron chi connectivity index (χ3n) is 3.73. The van der Waals surface area contributed by atoms with Crippen molar-refractivity contribution in [3.8, 4) is 0 Å². The predicted molar refractivity (Wildman–Crippen MR) is 79.1 cm³/mol. The molecule has 0 aromatic heterocycles. The van der Waals surface area contributed by atoms with E-state index in [-0.39, 0.29) is 0 Å². The Bertz CT molecular complexity index is 363. The zero-order valence-electron chi connectivity index (χ0n) is 11.3. The van der Waals surface area contributed by atoms with Gasteiger partial charge in [0.05, 0.1) is 6.10 Å². The molecule has 2 atom stereocenters. The molecule has 0 aliphatic carbocycles. The Labute approximate surface area is 120 Å². The quantitative estimate of drug-likeness (QED) is 0.597. The summed E-state index contributed by atoms with van der Waals surface area (Å²) in [6.07, 6.45) is 7.25. The second kappa shape index (κ2) is 7.85. The molecule has 1 aromatic rings. The van der Waals surface area contributed by atoms with Gasteiger partial charge in [0.2, 0.25) is 0 Å². The van der Waals surface area contributed by atoms with Gasteiger partial charge >= 0.3 is 0 Å². The number of hydrazine groups is 1. The highest BCUT2D eigenvalue weighted by Gasteiger charge is 2.16. The average molecular weight is 283 g/mol. The summed E-state index contributed by atoms with van der Waals surface area (Å²) < 4.78 is 5.63. The lowest BCUT2D eigenvalue weighted by Crippen LogP contribution is -2.36.